The third-order valence-electron chi connectivity index (χ3n) is 4.35. The Labute approximate surface area is 172 Å². The normalized spacial score (nSPS) is 11.2. The van der Waals surface area contributed by atoms with Gasteiger partial charge in [0.05, 0.1) is 20.0 Å². The van der Waals surface area contributed by atoms with E-state index < -0.39 is 10.1 Å². The van der Waals surface area contributed by atoms with E-state index in [4.69, 9.17) is 13.7 Å². The van der Waals surface area contributed by atoms with Gasteiger partial charge in [-0.2, -0.15) is 8.42 Å². The molecule has 0 bridgehead atoms. The molecule has 7 nitrogen and oxygen atoms in total. The lowest BCUT2D eigenvalue weighted by atomic mass is 10.1. The lowest BCUT2D eigenvalue weighted by Gasteiger charge is -2.28. The van der Waals surface area contributed by atoms with E-state index in [1.807, 2.05) is 19.9 Å². The van der Waals surface area contributed by atoms with Crippen LogP contribution in [-0.4, -0.2) is 45.2 Å². The summed E-state index contributed by atoms with van der Waals surface area (Å²) in [6.45, 7) is 5.59. The van der Waals surface area contributed by atoms with Crippen LogP contribution in [0.15, 0.2) is 42.5 Å². The van der Waals surface area contributed by atoms with E-state index in [-0.39, 0.29) is 30.0 Å². The van der Waals surface area contributed by atoms with Crippen molar-refractivity contribution >= 4 is 16.0 Å². The molecule has 0 heterocycles. The number of carbonyl (C=O) groups is 1. The molecule has 0 spiro atoms. The van der Waals surface area contributed by atoms with Gasteiger partial charge in [-0.15, -0.1) is 0 Å². The van der Waals surface area contributed by atoms with Gasteiger partial charge in [0.15, 0.2) is 0 Å². The summed E-state index contributed by atoms with van der Waals surface area (Å²) in [5.74, 6) is 0.691. The molecular formula is C21H27NO6S. The van der Waals surface area contributed by atoms with Crippen LogP contribution in [0.2, 0.25) is 0 Å². The Hall–Kier alpha value is -2.74. The van der Waals surface area contributed by atoms with Gasteiger partial charge in [-0.25, -0.2) is 0 Å². The van der Waals surface area contributed by atoms with E-state index >= 15 is 0 Å². The topological polar surface area (TPSA) is 82.1 Å². The molecule has 0 saturated carbocycles. The Kier molecular flexibility index (Phi) is 7.50. The zero-order chi connectivity index (χ0) is 21.6. The molecule has 2 aromatic rings. The highest BCUT2D eigenvalue weighted by Crippen LogP contribution is 2.31. The van der Waals surface area contributed by atoms with Crippen LogP contribution in [0.5, 0.6) is 17.2 Å². The summed E-state index contributed by atoms with van der Waals surface area (Å²) in [6.07, 6.45) is 0. The Morgan fingerprint density at radius 1 is 1.03 bits per heavy atom. The third-order valence-corrected chi connectivity index (χ3v) is 5.51. The Morgan fingerprint density at radius 2 is 1.62 bits per heavy atom. The number of rotatable bonds is 9. The van der Waals surface area contributed by atoms with Crippen molar-refractivity contribution < 1.29 is 26.9 Å². The molecule has 0 saturated heterocycles. The van der Waals surface area contributed by atoms with Crippen molar-refractivity contribution in [1.29, 1.82) is 0 Å². The minimum absolute atomic E-state index is 0.124. The van der Waals surface area contributed by atoms with Crippen molar-refractivity contribution in [3.63, 3.8) is 0 Å². The SMILES string of the molecule is CCS(=O)(=O)Oc1cccc(CN(C(=O)c2c(OC)cccc2OC)C(C)C)c1. The Bertz CT molecular complexity index is 933. The van der Waals surface area contributed by atoms with Crippen molar-refractivity contribution in [3.8, 4) is 17.2 Å². The number of nitrogens with zero attached hydrogens (tertiary/aromatic N) is 1. The number of methoxy groups -OCH3 is 2. The van der Waals surface area contributed by atoms with E-state index in [9.17, 15) is 13.2 Å². The average Bonchev–Trinajstić information content (AvgIpc) is 2.70. The molecule has 8 heteroatoms. The zero-order valence-electron chi connectivity index (χ0n) is 17.3. The second-order valence-electron chi connectivity index (χ2n) is 6.64. The summed E-state index contributed by atoms with van der Waals surface area (Å²) in [6, 6.07) is 11.7. The van der Waals surface area contributed by atoms with Gasteiger partial charge in [0.25, 0.3) is 5.91 Å². The first-order chi connectivity index (χ1) is 13.7. The largest absolute Gasteiger partial charge is 0.496 e. The second kappa shape index (κ2) is 9.65. The Balaban J connectivity index is 2.36. The van der Waals surface area contributed by atoms with Crippen LogP contribution in [0.4, 0.5) is 0 Å². The summed E-state index contributed by atoms with van der Waals surface area (Å²) < 4.78 is 39.3. The van der Waals surface area contributed by atoms with Gasteiger partial charge in [0.1, 0.15) is 22.8 Å². The van der Waals surface area contributed by atoms with Crippen molar-refractivity contribution in [2.75, 3.05) is 20.0 Å². The molecule has 2 rings (SSSR count). The summed E-state index contributed by atoms with van der Waals surface area (Å²) in [4.78, 5) is 15.0. The van der Waals surface area contributed by atoms with Crippen LogP contribution >= 0.6 is 0 Å². The fourth-order valence-electron chi connectivity index (χ4n) is 2.79. The second-order valence-corrected chi connectivity index (χ2v) is 8.50. The number of carbonyl (C=O) groups excluding carboxylic acids is 1. The molecule has 1 amide bonds. The van der Waals surface area contributed by atoms with Crippen LogP contribution in [0.1, 0.15) is 36.7 Å². The highest BCUT2D eigenvalue weighted by molar-refractivity contribution is 7.87. The van der Waals surface area contributed by atoms with Crippen molar-refractivity contribution in [1.82, 2.24) is 4.90 Å². The third kappa shape index (κ3) is 5.63. The smallest absolute Gasteiger partial charge is 0.308 e. The highest BCUT2D eigenvalue weighted by atomic mass is 32.2. The van der Waals surface area contributed by atoms with E-state index in [1.54, 1.807) is 41.3 Å². The minimum atomic E-state index is -3.63. The molecule has 0 atom stereocenters. The fraction of sp³-hybridized carbons (Fsp3) is 0.381. The van der Waals surface area contributed by atoms with Crippen molar-refractivity contribution in [2.45, 2.75) is 33.4 Å². The maximum absolute atomic E-state index is 13.3. The molecule has 0 aromatic heterocycles. The first kappa shape index (κ1) is 22.5. The molecular weight excluding hydrogens is 394 g/mol. The predicted octanol–water partition coefficient (Wildman–Crippen LogP) is 3.48. The quantitative estimate of drug-likeness (QED) is 0.577. The summed E-state index contributed by atoms with van der Waals surface area (Å²) in [7, 11) is -0.625. The molecule has 0 radical (unpaired) electrons. The van der Waals surface area contributed by atoms with Crippen LogP contribution in [0, 0.1) is 0 Å². The van der Waals surface area contributed by atoms with Gasteiger partial charge in [0.2, 0.25) is 0 Å². The van der Waals surface area contributed by atoms with Gasteiger partial charge < -0.3 is 18.6 Å². The Morgan fingerprint density at radius 3 is 2.14 bits per heavy atom. The maximum Gasteiger partial charge on any atom is 0.308 e. The molecule has 29 heavy (non-hydrogen) atoms. The van der Waals surface area contributed by atoms with Gasteiger partial charge >= 0.3 is 10.1 Å². The lowest BCUT2D eigenvalue weighted by Crippen LogP contribution is -2.36. The van der Waals surface area contributed by atoms with Gasteiger partial charge in [-0.3, -0.25) is 4.79 Å². The van der Waals surface area contributed by atoms with Crippen LogP contribution in [0.3, 0.4) is 0 Å². The highest BCUT2D eigenvalue weighted by Gasteiger charge is 2.26. The number of hydrogen-bond donors (Lipinski definition) is 0. The molecule has 0 unspecified atom stereocenters. The molecule has 0 aliphatic carbocycles. The molecule has 0 N–H and O–H groups in total. The molecule has 0 fully saturated rings. The molecule has 0 aliphatic rings. The van der Waals surface area contributed by atoms with Gasteiger partial charge in [-0.1, -0.05) is 18.2 Å². The fourth-order valence-corrected chi connectivity index (χ4v) is 3.31. The predicted molar refractivity (Wildman–Crippen MR) is 111 cm³/mol. The van der Waals surface area contributed by atoms with Crippen LogP contribution in [0.25, 0.3) is 0 Å². The van der Waals surface area contributed by atoms with Gasteiger partial charge in [-0.05, 0) is 50.6 Å². The summed E-state index contributed by atoms with van der Waals surface area (Å²) >= 11 is 0. The van der Waals surface area contributed by atoms with Gasteiger partial charge in [0, 0.05) is 12.6 Å². The van der Waals surface area contributed by atoms with E-state index in [0.29, 0.717) is 17.1 Å². The van der Waals surface area contributed by atoms with E-state index in [1.165, 1.54) is 21.1 Å². The van der Waals surface area contributed by atoms with E-state index in [2.05, 4.69) is 0 Å². The minimum Gasteiger partial charge on any atom is -0.496 e. The maximum atomic E-state index is 13.3. The first-order valence-corrected chi connectivity index (χ1v) is 10.8. The number of amides is 1. The van der Waals surface area contributed by atoms with E-state index in [0.717, 1.165) is 5.56 Å². The molecule has 2 aromatic carbocycles. The lowest BCUT2D eigenvalue weighted by molar-refractivity contribution is 0.0683. The zero-order valence-corrected chi connectivity index (χ0v) is 18.2. The summed E-state index contributed by atoms with van der Waals surface area (Å²) in [5, 5.41) is 0. The molecule has 0 aliphatic heterocycles. The van der Waals surface area contributed by atoms with Crippen LogP contribution < -0.4 is 13.7 Å². The van der Waals surface area contributed by atoms with Crippen molar-refractivity contribution in [2.24, 2.45) is 0 Å². The number of hydrogen-bond acceptors (Lipinski definition) is 6. The van der Waals surface area contributed by atoms with Crippen LogP contribution in [-0.2, 0) is 16.7 Å². The monoisotopic (exact) mass is 421 g/mol. The first-order valence-electron chi connectivity index (χ1n) is 9.25. The standard InChI is InChI=1S/C21H27NO6S/c1-6-29(24,25)28-17-10-7-9-16(13-17)14-22(15(2)3)21(23)20-18(26-4)11-8-12-19(20)27-5/h7-13,15H,6,14H2,1-5H3. The summed E-state index contributed by atoms with van der Waals surface area (Å²) in [5.41, 5.74) is 1.08. The molecule has 158 valence electrons. The number of ether oxygens (including phenoxy) is 2. The van der Waals surface area contributed by atoms with Crippen molar-refractivity contribution in [3.05, 3.63) is 53.6 Å². The average molecular weight is 422 g/mol. The number of benzene rings is 2.